The molecule has 1 aromatic rings. The van der Waals surface area contributed by atoms with E-state index in [-0.39, 0.29) is 11.8 Å². The molecule has 4 heteroatoms. The topological polar surface area (TPSA) is 32.3 Å². The molecule has 1 aliphatic rings. The lowest BCUT2D eigenvalue weighted by Gasteiger charge is -2.18. The van der Waals surface area contributed by atoms with Gasteiger partial charge in [0.1, 0.15) is 0 Å². The minimum Gasteiger partial charge on any atom is -0.284 e. The lowest BCUT2D eigenvalue weighted by molar-refractivity contribution is -0.121. The fraction of sp³-hybridized carbons (Fsp3) is 0.300. The highest BCUT2D eigenvalue weighted by Crippen LogP contribution is 2.23. The number of nitrogens with one attached hydrogen (secondary N) is 1. The lowest BCUT2D eigenvalue weighted by atomic mass is 10.2. The Morgan fingerprint density at radius 1 is 1.50 bits per heavy atom. The van der Waals surface area contributed by atoms with Crippen molar-refractivity contribution in [3.63, 3.8) is 0 Å². The van der Waals surface area contributed by atoms with Gasteiger partial charge in [-0.1, -0.05) is 19.1 Å². The van der Waals surface area contributed by atoms with Gasteiger partial charge in [-0.05, 0) is 34.7 Å². The molecule has 1 saturated heterocycles. The minimum absolute atomic E-state index is 0.0750. The van der Waals surface area contributed by atoms with Gasteiger partial charge in [0.05, 0.1) is 18.2 Å². The summed E-state index contributed by atoms with van der Waals surface area (Å²) in [6.07, 6.45) is 0. The van der Waals surface area contributed by atoms with Crippen molar-refractivity contribution in [3.05, 3.63) is 27.8 Å². The van der Waals surface area contributed by atoms with Crippen LogP contribution in [-0.4, -0.2) is 12.5 Å². The van der Waals surface area contributed by atoms with Crippen LogP contribution in [0, 0.1) is 9.49 Å². The Bertz CT molecular complexity index is 367. The third-order valence-corrected chi connectivity index (χ3v) is 3.20. The van der Waals surface area contributed by atoms with E-state index in [1.54, 1.807) is 0 Å². The van der Waals surface area contributed by atoms with Crippen LogP contribution in [0.4, 0.5) is 5.69 Å². The normalized spacial score (nSPS) is 21.1. The molecule has 0 spiro atoms. The average molecular weight is 302 g/mol. The maximum atomic E-state index is 11.3. The molecule has 1 aromatic carbocycles. The van der Waals surface area contributed by atoms with Crippen molar-refractivity contribution >= 4 is 34.2 Å². The molecular weight excluding hydrogens is 291 g/mol. The summed E-state index contributed by atoms with van der Waals surface area (Å²) in [5, 5.41) is 1.91. The minimum atomic E-state index is 0.0750. The number of carbonyl (C=O) groups excluding carboxylic acids is 1. The van der Waals surface area contributed by atoms with Crippen LogP contribution >= 0.6 is 22.6 Å². The molecule has 0 bridgehead atoms. The van der Waals surface area contributed by atoms with Crippen molar-refractivity contribution in [2.45, 2.75) is 6.92 Å². The summed E-state index contributed by atoms with van der Waals surface area (Å²) in [5.74, 6) is 0.177. The molecule has 1 fully saturated rings. The second-order valence-electron chi connectivity index (χ2n) is 3.44. The Labute approximate surface area is 96.6 Å². The Balaban J connectivity index is 2.25. The fourth-order valence-electron chi connectivity index (χ4n) is 1.47. The SMILES string of the molecule is CC1CN(c2ccccc2I)NC1=O. The fourth-order valence-corrected chi connectivity index (χ4v) is 2.15. The van der Waals surface area contributed by atoms with Gasteiger partial charge in [0.2, 0.25) is 5.91 Å². The largest absolute Gasteiger partial charge is 0.284 e. The number of hydrogen-bond acceptors (Lipinski definition) is 2. The first kappa shape index (κ1) is 9.76. The van der Waals surface area contributed by atoms with Gasteiger partial charge in [0, 0.05) is 3.57 Å². The van der Waals surface area contributed by atoms with Crippen molar-refractivity contribution in [1.82, 2.24) is 5.43 Å². The molecule has 3 nitrogen and oxygen atoms in total. The van der Waals surface area contributed by atoms with Crippen molar-refractivity contribution in [2.75, 3.05) is 11.6 Å². The first-order valence-corrected chi connectivity index (χ1v) is 5.59. The Morgan fingerprint density at radius 3 is 2.79 bits per heavy atom. The first-order valence-electron chi connectivity index (χ1n) is 4.51. The van der Waals surface area contributed by atoms with Gasteiger partial charge in [0.15, 0.2) is 0 Å². The van der Waals surface area contributed by atoms with Crippen LogP contribution in [0.2, 0.25) is 0 Å². The van der Waals surface area contributed by atoms with Crippen LogP contribution in [0.15, 0.2) is 24.3 Å². The third kappa shape index (κ3) is 1.70. The predicted octanol–water partition coefficient (Wildman–Crippen LogP) is 1.78. The van der Waals surface area contributed by atoms with Crippen molar-refractivity contribution in [1.29, 1.82) is 0 Å². The molecule has 1 N–H and O–H groups in total. The zero-order valence-electron chi connectivity index (χ0n) is 7.83. The van der Waals surface area contributed by atoms with E-state index in [4.69, 9.17) is 0 Å². The summed E-state index contributed by atoms with van der Waals surface area (Å²) in [6.45, 7) is 2.68. The molecule has 1 unspecified atom stereocenters. The van der Waals surface area contributed by atoms with Gasteiger partial charge in [-0.3, -0.25) is 15.2 Å². The smallest absolute Gasteiger partial charge is 0.243 e. The van der Waals surface area contributed by atoms with E-state index in [9.17, 15) is 4.79 Å². The number of amides is 1. The molecule has 14 heavy (non-hydrogen) atoms. The van der Waals surface area contributed by atoms with Crippen molar-refractivity contribution in [3.8, 4) is 0 Å². The summed E-state index contributed by atoms with van der Waals surface area (Å²) >= 11 is 2.27. The van der Waals surface area contributed by atoms with Gasteiger partial charge >= 0.3 is 0 Å². The van der Waals surface area contributed by atoms with Crippen LogP contribution in [-0.2, 0) is 4.79 Å². The first-order chi connectivity index (χ1) is 6.68. The summed E-state index contributed by atoms with van der Waals surface area (Å²) in [5.41, 5.74) is 3.93. The van der Waals surface area contributed by atoms with Gasteiger partial charge in [-0.15, -0.1) is 0 Å². The number of benzene rings is 1. The number of hydrogen-bond donors (Lipinski definition) is 1. The number of nitrogens with zero attached hydrogens (tertiary/aromatic N) is 1. The maximum Gasteiger partial charge on any atom is 0.243 e. The average Bonchev–Trinajstić information content (AvgIpc) is 2.48. The Kier molecular flexibility index (Phi) is 2.62. The van der Waals surface area contributed by atoms with Crippen molar-refractivity contribution < 1.29 is 4.79 Å². The molecular formula is C10H11IN2O. The molecule has 1 atom stereocenters. The van der Waals surface area contributed by atoms with Gasteiger partial charge in [-0.2, -0.15) is 0 Å². The third-order valence-electron chi connectivity index (χ3n) is 2.29. The summed E-state index contributed by atoms with van der Waals surface area (Å²) in [4.78, 5) is 11.3. The monoisotopic (exact) mass is 302 g/mol. The molecule has 0 saturated carbocycles. The summed E-state index contributed by atoms with van der Waals surface area (Å²) < 4.78 is 1.15. The van der Waals surface area contributed by atoms with E-state index < -0.39 is 0 Å². The number of para-hydroxylation sites is 1. The standard InChI is InChI=1S/C10H11IN2O/c1-7-6-13(12-10(7)14)9-5-3-2-4-8(9)11/h2-5,7H,6H2,1H3,(H,12,14). The Hall–Kier alpha value is -0.780. The quantitative estimate of drug-likeness (QED) is 0.802. The van der Waals surface area contributed by atoms with Gasteiger partial charge < -0.3 is 0 Å². The Morgan fingerprint density at radius 2 is 2.21 bits per heavy atom. The van der Waals surface area contributed by atoms with E-state index in [1.807, 2.05) is 36.2 Å². The lowest BCUT2D eigenvalue weighted by Crippen LogP contribution is -2.33. The number of anilines is 1. The molecule has 1 aliphatic heterocycles. The van der Waals surface area contributed by atoms with Crippen molar-refractivity contribution in [2.24, 2.45) is 5.92 Å². The molecule has 1 amide bonds. The maximum absolute atomic E-state index is 11.3. The van der Waals surface area contributed by atoms with Crippen LogP contribution in [0.3, 0.4) is 0 Å². The number of halogens is 1. The van der Waals surface area contributed by atoms with Crippen LogP contribution < -0.4 is 10.4 Å². The number of carbonyl (C=O) groups is 1. The molecule has 74 valence electrons. The van der Waals surface area contributed by atoms with Gasteiger partial charge in [0.25, 0.3) is 0 Å². The van der Waals surface area contributed by atoms with Crippen LogP contribution in [0.25, 0.3) is 0 Å². The second kappa shape index (κ2) is 3.76. The summed E-state index contributed by atoms with van der Waals surface area (Å²) in [6, 6.07) is 8.02. The van der Waals surface area contributed by atoms with E-state index in [0.29, 0.717) is 0 Å². The number of rotatable bonds is 1. The highest BCUT2D eigenvalue weighted by molar-refractivity contribution is 14.1. The highest BCUT2D eigenvalue weighted by Gasteiger charge is 2.27. The molecule has 2 rings (SSSR count). The molecule has 0 radical (unpaired) electrons. The number of hydrazine groups is 1. The zero-order chi connectivity index (χ0) is 10.1. The molecule has 0 aromatic heterocycles. The highest BCUT2D eigenvalue weighted by atomic mass is 127. The molecule has 0 aliphatic carbocycles. The zero-order valence-corrected chi connectivity index (χ0v) is 9.98. The van der Waals surface area contributed by atoms with E-state index in [0.717, 1.165) is 15.8 Å². The van der Waals surface area contributed by atoms with Crippen LogP contribution in [0.1, 0.15) is 6.92 Å². The molecule has 1 heterocycles. The second-order valence-corrected chi connectivity index (χ2v) is 4.60. The van der Waals surface area contributed by atoms with Crippen LogP contribution in [0.5, 0.6) is 0 Å². The predicted molar refractivity (Wildman–Crippen MR) is 63.8 cm³/mol. The summed E-state index contributed by atoms with van der Waals surface area (Å²) in [7, 11) is 0. The van der Waals surface area contributed by atoms with E-state index in [2.05, 4.69) is 28.0 Å². The van der Waals surface area contributed by atoms with E-state index >= 15 is 0 Å². The van der Waals surface area contributed by atoms with E-state index in [1.165, 1.54) is 0 Å². The van der Waals surface area contributed by atoms with Gasteiger partial charge in [-0.25, -0.2) is 0 Å².